The van der Waals surface area contributed by atoms with Gasteiger partial charge in [-0.2, -0.15) is 4.98 Å². The molecule has 4 heteroatoms. The zero-order valence-corrected chi connectivity index (χ0v) is 7.94. The molecule has 2 N–H and O–H groups in total. The molecule has 0 amide bonds. The molecule has 0 atom stereocenters. The Hall–Kier alpha value is -1.71. The van der Waals surface area contributed by atoms with Gasteiger partial charge in [0, 0.05) is 6.54 Å². The molecular formula is C10H12N2O2. The summed E-state index contributed by atoms with van der Waals surface area (Å²) in [5.41, 5.74) is 1.22. The van der Waals surface area contributed by atoms with Crippen LogP contribution in [0.25, 0.3) is 11.0 Å². The lowest BCUT2D eigenvalue weighted by Gasteiger charge is -2.01. The van der Waals surface area contributed by atoms with E-state index in [9.17, 15) is 10.2 Å². The smallest absolute Gasteiger partial charge is 0.294 e. The molecule has 0 bridgehead atoms. The molecule has 1 aromatic heterocycles. The van der Waals surface area contributed by atoms with Crippen molar-refractivity contribution in [2.24, 2.45) is 0 Å². The monoisotopic (exact) mass is 192 g/mol. The first-order valence-corrected chi connectivity index (χ1v) is 4.61. The first-order chi connectivity index (χ1) is 6.74. The first kappa shape index (κ1) is 8.87. The molecule has 14 heavy (non-hydrogen) atoms. The zero-order chi connectivity index (χ0) is 10.1. The Bertz CT molecular complexity index is 462. The van der Waals surface area contributed by atoms with Gasteiger partial charge in [0.15, 0.2) is 0 Å². The molecule has 74 valence electrons. The molecule has 0 radical (unpaired) electrons. The minimum atomic E-state index is -0.0386. The number of phenolic OH excluding ortho intramolecular Hbond substituents is 1. The van der Waals surface area contributed by atoms with Crippen molar-refractivity contribution in [3.05, 3.63) is 18.2 Å². The van der Waals surface area contributed by atoms with E-state index >= 15 is 0 Å². The van der Waals surface area contributed by atoms with Gasteiger partial charge in [-0.3, -0.25) is 4.57 Å². The van der Waals surface area contributed by atoms with Gasteiger partial charge in [0.25, 0.3) is 6.01 Å². The maximum Gasteiger partial charge on any atom is 0.294 e. The number of imidazole rings is 1. The van der Waals surface area contributed by atoms with Gasteiger partial charge in [-0.15, -0.1) is 0 Å². The van der Waals surface area contributed by atoms with Crippen LogP contribution in [0.3, 0.4) is 0 Å². The lowest BCUT2D eigenvalue weighted by molar-refractivity contribution is 0.401. The number of nitrogens with zero attached hydrogens (tertiary/aromatic N) is 2. The predicted octanol–water partition coefficient (Wildman–Crippen LogP) is 1.86. The van der Waals surface area contributed by atoms with Gasteiger partial charge in [0.2, 0.25) is 0 Å². The molecular weight excluding hydrogens is 180 g/mol. The molecule has 0 saturated heterocycles. The van der Waals surface area contributed by atoms with Crippen LogP contribution in [0.2, 0.25) is 0 Å². The van der Waals surface area contributed by atoms with Gasteiger partial charge in [0.1, 0.15) is 11.3 Å². The Morgan fingerprint density at radius 2 is 2.14 bits per heavy atom. The summed E-state index contributed by atoms with van der Waals surface area (Å²) >= 11 is 0. The molecule has 2 rings (SSSR count). The van der Waals surface area contributed by atoms with Crippen molar-refractivity contribution >= 4 is 11.0 Å². The van der Waals surface area contributed by atoms with Crippen LogP contribution in [0.4, 0.5) is 0 Å². The third-order valence-electron chi connectivity index (χ3n) is 2.18. The number of hydrogen-bond donors (Lipinski definition) is 2. The van der Waals surface area contributed by atoms with Crippen LogP contribution >= 0.6 is 0 Å². The van der Waals surface area contributed by atoms with Gasteiger partial charge >= 0.3 is 0 Å². The normalized spacial score (nSPS) is 10.9. The summed E-state index contributed by atoms with van der Waals surface area (Å²) in [7, 11) is 0. The van der Waals surface area contributed by atoms with E-state index in [1.807, 2.05) is 13.0 Å². The van der Waals surface area contributed by atoms with Crippen molar-refractivity contribution in [3.63, 3.8) is 0 Å². The highest BCUT2D eigenvalue weighted by atomic mass is 16.3. The highest BCUT2D eigenvalue weighted by Crippen LogP contribution is 2.27. The Labute approximate surface area is 81.4 Å². The topological polar surface area (TPSA) is 58.3 Å². The molecule has 4 nitrogen and oxygen atoms in total. The van der Waals surface area contributed by atoms with E-state index < -0.39 is 0 Å². The summed E-state index contributed by atoms with van der Waals surface area (Å²) in [6.45, 7) is 2.72. The van der Waals surface area contributed by atoms with Crippen LogP contribution < -0.4 is 0 Å². The molecule has 0 aliphatic heterocycles. The quantitative estimate of drug-likeness (QED) is 0.763. The van der Waals surface area contributed by atoms with E-state index in [2.05, 4.69) is 4.98 Å². The van der Waals surface area contributed by atoms with E-state index in [0.717, 1.165) is 11.9 Å². The maximum absolute atomic E-state index is 9.53. The van der Waals surface area contributed by atoms with Crippen LogP contribution in [0.5, 0.6) is 11.8 Å². The molecule has 0 unspecified atom stereocenters. The molecule has 2 aromatic rings. The fourth-order valence-corrected chi connectivity index (χ4v) is 1.56. The zero-order valence-electron chi connectivity index (χ0n) is 7.94. The molecule has 0 saturated carbocycles. The van der Waals surface area contributed by atoms with Gasteiger partial charge in [-0.05, 0) is 18.6 Å². The van der Waals surface area contributed by atoms with E-state index in [4.69, 9.17) is 0 Å². The molecule has 1 heterocycles. The summed E-state index contributed by atoms with van der Waals surface area (Å²) in [4.78, 5) is 3.90. The van der Waals surface area contributed by atoms with Gasteiger partial charge < -0.3 is 10.2 Å². The number of para-hydroxylation sites is 1. The maximum atomic E-state index is 9.53. The summed E-state index contributed by atoms with van der Waals surface area (Å²) in [5.74, 6) is 0.104. The summed E-state index contributed by atoms with van der Waals surface area (Å²) in [6.07, 6.45) is 0.911. The number of aromatic hydroxyl groups is 2. The van der Waals surface area contributed by atoms with Crippen molar-refractivity contribution in [3.8, 4) is 11.8 Å². The number of hydrogen-bond acceptors (Lipinski definition) is 3. The van der Waals surface area contributed by atoms with E-state index in [1.54, 1.807) is 16.7 Å². The Balaban J connectivity index is 2.70. The highest BCUT2D eigenvalue weighted by Gasteiger charge is 2.10. The van der Waals surface area contributed by atoms with Crippen LogP contribution in [-0.4, -0.2) is 19.8 Å². The van der Waals surface area contributed by atoms with Crippen LogP contribution in [-0.2, 0) is 6.54 Å². The highest BCUT2D eigenvalue weighted by molar-refractivity contribution is 5.82. The van der Waals surface area contributed by atoms with E-state index in [1.165, 1.54) is 0 Å². The fourth-order valence-electron chi connectivity index (χ4n) is 1.56. The molecule has 1 aromatic carbocycles. The van der Waals surface area contributed by atoms with Crippen LogP contribution in [0, 0.1) is 0 Å². The molecule has 0 aliphatic carbocycles. The van der Waals surface area contributed by atoms with Crippen molar-refractivity contribution in [2.45, 2.75) is 19.9 Å². The first-order valence-electron chi connectivity index (χ1n) is 4.61. The lowest BCUT2D eigenvalue weighted by atomic mass is 10.3. The van der Waals surface area contributed by atoms with E-state index in [0.29, 0.717) is 12.1 Å². The van der Waals surface area contributed by atoms with Gasteiger partial charge in [0.05, 0.1) is 5.52 Å². The number of benzene rings is 1. The molecule has 0 fully saturated rings. The van der Waals surface area contributed by atoms with Crippen molar-refractivity contribution in [1.29, 1.82) is 0 Å². The minimum absolute atomic E-state index is 0.0386. The predicted molar refractivity (Wildman–Crippen MR) is 53.4 cm³/mol. The lowest BCUT2D eigenvalue weighted by Crippen LogP contribution is -1.94. The number of fused-ring (bicyclic) bond motifs is 1. The summed E-state index contributed by atoms with van der Waals surface area (Å²) < 4.78 is 1.69. The van der Waals surface area contributed by atoms with Crippen molar-refractivity contribution in [1.82, 2.24) is 9.55 Å². The second kappa shape index (κ2) is 3.21. The Kier molecular flexibility index (Phi) is 2.04. The number of aryl methyl sites for hydroxylation is 1. The van der Waals surface area contributed by atoms with Crippen LogP contribution in [0.1, 0.15) is 13.3 Å². The van der Waals surface area contributed by atoms with Gasteiger partial charge in [-0.1, -0.05) is 13.0 Å². The van der Waals surface area contributed by atoms with E-state index in [-0.39, 0.29) is 11.8 Å². The summed E-state index contributed by atoms with van der Waals surface area (Å²) in [6, 6.07) is 5.09. The average Bonchev–Trinajstić information content (AvgIpc) is 2.47. The molecule has 0 aliphatic rings. The largest absolute Gasteiger partial charge is 0.506 e. The number of aromatic nitrogens is 2. The third-order valence-corrected chi connectivity index (χ3v) is 2.18. The fraction of sp³-hybridized carbons (Fsp3) is 0.300. The third kappa shape index (κ3) is 1.19. The second-order valence-corrected chi connectivity index (χ2v) is 3.21. The number of phenols is 1. The summed E-state index contributed by atoms with van der Waals surface area (Å²) in [5, 5.41) is 19.0. The Morgan fingerprint density at radius 3 is 2.86 bits per heavy atom. The minimum Gasteiger partial charge on any atom is -0.506 e. The Morgan fingerprint density at radius 1 is 1.36 bits per heavy atom. The second-order valence-electron chi connectivity index (χ2n) is 3.21. The van der Waals surface area contributed by atoms with Crippen LogP contribution in [0.15, 0.2) is 18.2 Å². The molecule has 0 spiro atoms. The SMILES string of the molecule is CCCn1c(O)nc2c(O)cccc21. The average molecular weight is 192 g/mol. The number of rotatable bonds is 2. The van der Waals surface area contributed by atoms with Crippen molar-refractivity contribution < 1.29 is 10.2 Å². The standard InChI is InChI=1S/C10H12N2O2/c1-2-6-12-7-4-3-5-8(13)9(7)11-10(12)14/h3-5,13H,2,6H2,1H3,(H,11,14). The van der Waals surface area contributed by atoms with Gasteiger partial charge in [-0.25, -0.2) is 0 Å². The van der Waals surface area contributed by atoms with Crippen molar-refractivity contribution in [2.75, 3.05) is 0 Å².